The smallest absolute Gasteiger partial charge is 0.133 e. The molecule has 1 fully saturated rings. The topological polar surface area (TPSA) is 61.7 Å². The molecular weight excluding hydrogens is 262 g/mol. The summed E-state index contributed by atoms with van der Waals surface area (Å²) in [5.74, 6) is 1.88. The molecule has 0 atom stereocenters. The van der Waals surface area contributed by atoms with Crippen molar-refractivity contribution in [3.8, 4) is 11.4 Å². The lowest BCUT2D eigenvalue weighted by atomic mass is 9.95. The Bertz CT molecular complexity index is 640. The summed E-state index contributed by atoms with van der Waals surface area (Å²) >= 11 is 0. The average molecular weight is 287 g/mol. The molecule has 0 aromatic carbocycles. The van der Waals surface area contributed by atoms with E-state index >= 15 is 0 Å². The van der Waals surface area contributed by atoms with Crippen LogP contribution in [0.15, 0.2) is 12.5 Å². The zero-order valence-electron chi connectivity index (χ0n) is 13.4. The van der Waals surface area contributed by atoms with Gasteiger partial charge >= 0.3 is 0 Å². The third kappa shape index (κ3) is 2.45. The number of anilines is 1. The Hall–Kier alpha value is -1.78. The van der Waals surface area contributed by atoms with Gasteiger partial charge in [0.1, 0.15) is 17.3 Å². The van der Waals surface area contributed by atoms with Crippen LogP contribution in [0.2, 0.25) is 0 Å². The zero-order valence-corrected chi connectivity index (χ0v) is 13.4. The van der Waals surface area contributed by atoms with E-state index in [0.717, 1.165) is 36.0 Å². The van der Waals surface area contributed by atoms with Crippen LogP contribution in [0.5, 0.6) is 0 Å². The number of imidazole rings is 2. The summed E-state index contributed by atoms with van der Waals surface area (Å²) in [5.41, 5.74) is 8.36. The van der Waals surface area contributed by atoms with Gasteiger partial charge in [-0.25, -0.2) is 9.97 Å². The fourth-order valence-corrected chi connectivity index (χ4v) is 2.80. The summed E-state index contributed by atoms with van der Waals surface area (Å²) in [7, 11) is 0. The summed E-state index contributed by atoms with van der Waals surface area (Å²) in [6.45, 7) is 9.69. The second-order valence-electron chi connectivity index (χ2n) is 6.99. The maximum Gasteiger partial charge on any atom is 0.133 e. The summed E-state index contributed by atoms with van der Waals surface area (Å²) in [6, 6.07) is 0.531. The molecule has 0 spiro atoms. The Labute approximate surface area is 126 Å². The van der Waals surface area contributed by atoms with Crippen LogP contribution in [0.3, 0.4) is 0 Å². The summed E-state index contributed by atoms with van der Waals surface area (Å²) in [4.78, 5) is 9.18. The Kier molecular flexibility index (Phi) is 3.30. The van der Waals surface area contributed by atoms with Crippen LogP contribution in [-0.4, -0.2) is 19.1 Å². The SMILES string of the molecule is CCCn1cncc1-c1nc(C(C)(C)C)n(C2CC2)c1N. The third-order valence-corrected chi connectivity index (χ3v) is 3.95. The minimum absolute atomic E-state index is 0.00936. The predicted octanol–water partition coefficient (Wildman–Crippen LogP) is 3.37. The van der Waals surface area contributed by atoms with Crippen LogP contribution < -0.4 is 5.73 Å². The van der Waals surface area contributed by atoms with Crippen molar-refractivity contribution < 1.29 is 0 Å². The van der Waals surface area contributed by atoms with Crippen LogP contribution in [-0.2, 0) is 12.0 Å². The van der Waals surface area contributed by atoms with Crippen molar-refractivity contribution in [1.29, 1.82) is 0 Å². The first-order chi connectivity index (χ1) is 9.93. The van der Waals surface area contributed by atoms with E-state index in [-0.39, 0.29) is 5.41 Å². The maximum absolute atomic E-state index is 6.46. The molecule has 3 rings (SSSR count). The van der Waals surface area contributed by atoms with Gasteiger partial charge in [0.05, 0.1) is 18.2 Å². The summed E-state index contributed by atoms with van der Waals surface area (Å²) in [5, 5.41) is 0. The van der Waals surface area contributed by atoms with Crippen molar-refractivity contribution in [3.63, 3.8) is 0 Å². The number of hydrogen-bond acceptors (Lipinski definition) is 3. The Morgan fingerprint density at radius 3 is 2.62 bits per heavy atom. The number of aryl methyl sites for hydroxylation is 1. The summed E-state index contributed by atoms with van der Waals surface area (Å²) < 4.78 is 4.39. The molecule has 2 N–H and O–H groups in total. The number of aromatic nitrogens is 4. The molecule has 0 saturated heterocycles. The van der Waals surface area contributed by atoms with Crippen LogP contribution in [0.4, 0.5) is 5.82 Å². The molecule has 21 heavy (non-hydrogen) atoms. The van der Waals surface area contributed by atoms with Gasteiger partial charge in [0, 0.05) is 18.0 Å². The maximum atomic E-state index is 6.46. The normalized spacial score (nSPS) is 15.6. The lowest BCUT2D eigenvalue weighted by Gasteiger charge is -2.20. The van der Waals surface area contributed by atoms with E-state index in [1.54, 1.807) is 0 Å². The molecule has 0 bridgehead atoms. The van der Waals surface area contributed by atoms with Crippen LogP contribution >= 0.6 is 0 Å². The van der Waals surface area contributed by atoms with Crippen molar-refractivity contribution in [3.05, 3.63) is 18.3 Å². The van der Waals surface area contributed by atoms with Crippen molar-refractivity contribution in [2.45, 2.75) is 65.0 Å². The van der Waals surface area contributed by atoms with Crippen molar-refractivity contribution in [2.24, 2.45) is 0 Å². The molecule has 1 saturated carbocycles. The number of hydrogen-bond donors (Lipinski definition) is 1. The molecule has 0 unspecified atom stereocenters. The van der Waals surface area contributed by atoms with Crippen molar-refractivity contribution >= 4 is 5.82 Å². The minimum atomic E-state index is -0.00936. The Morgan fingerprint density at radius 1 is 1.33 bits per heavy atom. The fraction of sp³-hybridized carbons (Fsp3) is 0.625. The summed E-state index contributed by atoms with van der Waals surface area (Å²) in [6.07, 6.45) is 7.22. The van der Waals surface area contributed by atoms with Crippen molar-refractivity contribution in [2.75, 3.05) is 5.73 Å². The van der Waals surface area contributed by atoms with Crippen LogP contribution in [0.1, 0.15) is 58.8 Å². The molecule has 2 aromatic rings. The van der Waals surface area contributed by atoms with Gasteiger partial charge < -0.3 is 14.9 Å². The van der Waals surface area contributed by atoms with E-state index in [4.69, 9.17) is 10.7 Å². The zero-order chi connectivity index (χ0) is 15.2. The second kappa shape index (κ2) is 4.90. The third-order valence-electron chi connectivity index (χ3n) is 3.95. The number of nitrogens with zero attached hydrogens (tertiary/aromatic N) is 4. The van der Waals surface area contributed by atoms with Gasteiger partial charge in [0.2, 0.25) is 0 Å². The highest BCUT2D eigenvalue weighted by Crippen LogP contribution is 2.43. The Morgan fingerprint density at radius 2 is 2.05 bits per heavy atom. The minimum Gasteiger partial charge on any atom is -0.383 e. The number of rotatable bonds is 4. The van der Waals surface area contributed by atoms with E-state index < -0.39 is 0 Å². The standard InChI is InChI=1S/C16H25N5/c1-5-8-20-10-18-9-12(20)13-14(17)21(11-6-7-11)15(19-13)16(2,3)4/h9-11H,5-8,17H2,1-4H3. The lowest BCUT2D eigenvalue weighted by Crippen LogP contribution is -2.19. The highest BCUT2D eigenvalue weighted by Gasteiger charge is 2.34. The molecule has 1 aliphatic carbocycles. The molecule has 2 heterocycles. The molecule has 2 aromatic heterocycles. The molecule has 5 nitrogen and oxygen atoms in total. The van der Waals surface area contributed by atoms with Crippen LogP contribution in [0.25, 0.3) is 11.4 Å². The van der Waals surface area contributed by atoms with Gasteiger partial charge in [-0.05, 0) is 19.3 Å². The highest BCUT2D eigenvalue weighted by atomic mass is 15.2. The van der Waals surface area contributed by atoms with E-state index in [9.17, 15) is 0 Å². The molecule has 5 heteroatoms. The van der Waals surface area contributed by atoms with Gasteiger partial charge in [-0.15, -0.1) is 0 Å². The van der Waals surface area contributed by atoms with E-state index in [2.05, 4.69) is 41.8 Å². The van der Waals surface area contributed by atoms with Gasteiger partial charge in [-0.3, -0.25) is 0 Å². The molecular formula is C16H25N5. The van der Waals surface area contributed by atoms with Crippen molar-refractivity contribution in [1.82, 2.24) is 19.1 Å². The predicted molar refractivity (Wildman–Crippen MR) is 85.1 cm³/mol. The monoisotopic (exact) mass is 287 g/mol. The highest BCUT2D eigenvalue weighted by molar-refractivity contribution is 5.68. The van der Waals surface area contributed by atoms with E-state index in [1.807, 2.05) is 12.5 Å². The molecule has 1 aliphatic rings. The first-order valence-corrected chi connectivity index (χ1v) is 7.82. The quantitative estimate of drug-likeness (QED) is 0.937. The first kappa shape index (κ1) is 14.2. The van der Waals surface area contributed by atoms with Gasteiger partial charge in [0.15, 0.2) is 0 Å². The van der Waals surface area contributed by atoms with E-state index in [0.29, 0.717) is 6.04 Å². The molecule has 114 valence electrons. The Balaban J connectivity index is 2.13. The molecule has 0 radical (unpaired) electrons. The largest absolute Gasteiger partial charge is 0.383 e. The van der Waals surface area contributed by atoms with E-state index in [1.165, 1.54) is 12.8 Å². The van der Waals surface area contributed by atoms with Gasteiger partial charge in [-0.2, -0.15) is 0 Å². The van der Waals surface area contributed by atoms with Gasteiger partial charge in [-0.1, -0.05) is 27.7 Å². The second-order valence-corrected chi connectivity index (χ2v) is 6.99. The van der Waals surface area contributed by atoms with Crippen LogP contribution in [0, 0.1) is 0 Å². The fourth-order valence-electron chi connectivity index (χ4n) is 2.80. The lowest BCUT2D eigenvalue weighted by molar-refractivity contribution is 0.504. The number of nitrogen functional groups attached to an aromatic ring is 1. The molecule has 0 amide bonds. The average Bonchev–Trinajstić information content (AvgIpc) is 3.03. The molecule has 0 aliphatic heterocycles. The number of nitrogens with two attached hydrogens (primary N) is 1. The van der Waals surface area contributed by atoms with Gasteiger partial charge in [0.25, 0.3) is 0 Å². The first-order valence-electron chi connectivity index (χ1n) is 7.82.